The third-order valence-electron chi connectivity index (χ3n) is 17.0. The molecule has 1 saturated carbocycles. The number of anilines is 8. The van der Waals surface area contributed by atoms with Crippen LogP contribution in [0.5, 0.6) is 0 Å². The molecule has 3 heterocycles. The van der Waals surface area contributed by atoms with Crippen LogP contribution >= 0.6 is 0 Å². The maximum atomic E-state index is 2.83. The van der Waals surface area contributed by atoms with Crippen LogP contribution in [0.2, 0.25) is 0 Å². The van der Waals surface area contributed by atoms with E-state index in [4.69, 9.17) is 0 Å². The van der Waals surface area contributed by atoms with Gasteiger partial charge in [-0.25, -0.2) is 0 Å². The van der Waals surface area contributed by atoms with Gasteiger partial charge in [-0.3, -0.25) is 0 Å². The topological polar surface area (TPSA) is 9.72 Å². The summed E-state index contributed by atoms with van der Waals surface area (Å²) in [5, 5.41) is 0. The molecule has 2 unspecified atom stereocenters. The van der Waals surface area contributed by atoms with Crippen molar-refractivity contribution in [3.63, 3.8) is 0 Å². The summed E-state index contributed by atoms with van der Waals surface area (Å²) in [6, 6.07) is 65.4. The van der Waals surface area contributed by atoms with Gasteiger partial charge in [-0.15, -0.1) is 0 Å². The summed E-state index contributed by atoms with van der Waals surface area (Å²) in [7, 11) is 0. The van der Waals surface area contributed by atoms with Crippen LogP contribution in [-0.2, 0) is 16.2 Å². The summed E-state index contributed by atoms with van der Waals surface area (Å²) in [5.41, 5.74) is 25.6. The molecule has 2 atom stereocenters. The first-order chi connectivity index (χ1) is 33.5. The summed E-state index contributed by atoms with van der Waals surface area (Å²) in [5.74, 6) is 0. The zero-order valence-corrected chi connectivity index (χ0v) is 42.9. The molecule has 4 aliphatic rings. The Morgan fingerprint density at radius 3 is 1.71 bits per heavy atom. The van der Waals surface area contributed by atoms with Crippen LogP contribution in [0.25, 0.3) is 22.3 Å². The highest BCUT2D eigenvalue weighted by atomic mass is 15.3. The quantitative estimate of drug-likeness (QED) is 0.159. The van der Waals surface area contributed by atoms with Gasteiger partial charge in [0.2, 0.25) is 0 Å². The van der Waals surface area contributed by atoms with Crippen molar-refractivity contribution in [1.29, 1.82) is 0 Å². The van der Waals surface area contributed by atoms with Gasteiger partial charge in [0, 0.05) is 50.9 Å². The molecule has 1 fully saturated rings. The first-order valence-electron chi connectivity index (χ1n) is 25.8. The number of hydrogen-bond acceptors (Lipinski definition) is 3. The molecule has 0 spiro atoms. The summed E-state index contributed by atoms with van der Waals surface area (Å²) in [4.78, 5) is 8.08. The Labute approximate surface area is 417 Å². The summed E-state index contributed by atoms with van der Waals surface area (Å²) in [6.45, 7) is 23.8. The smallest absolute Gasteiger partial charge is 0.252 e. The molecule has 0 bridgehead atoms. The summed E-state index contributed by atoms with van der Waals surface area (Å²) >= 11 is 0. The van der Waals surface area contributed by atoms with Gasteiger partial charge in [0.05, 0.1) is 5.54 Å². The maximum absolute atomic E-state index is 2.83. The van der Waals surface area contributed by atoms with E-state index in [9.17, 15) is 0 Å². The molecule has 70 heavy (non-hydrogen) atoms. The fraction of sp³-hybridized carbons (Fsp3) is 0.273. The van der Waals surface area contributed by atoms with Gasteiger partial charge >= 0.3 is 0 Å². The van der Waals surface area contributed by atoms with E-state index < -0.39 is 0 Å². The third kappa shape index (κ3) is 6.76. The van der Waals surface area contributed by atoms with Crippen LogP contribution in [0.15, 0.2) is 170 Å². The van der Waals surface area contributed by atoms with Crippen LogP contribution in [0.4, 0.5) is 45.5 Å². The monoisotopic (exact) mass is 912 g/mol. The molecule has 0 saturated heterocycles. The highest BCUT2D eigenvalue weighted by Gasteiger charge is 2.58. The molecule has 348 valence electrons. The van der Waals surface area contributed by atoms with Crippen LogP contribution in [-0.4, -0.2) is 12.3 Å². The van der Waals surface area contributed by atoms with Crippen LogP contribution < -0.4 is 31.1 Å². The van der Waals surface area contributed by atoms with Gasteiger partial charge in [-0.1, -0.05) is 188 Å². The standard InChI is InChI=1S/C66H66BN3/c1-43-36-44(2)62-54(37-43)65(9)34-17-18-35-66(65,10)70(62)53-41-59-61-60(42-53)69(52-25-19-24-47(38-52)45-20-13-11-14-21-45)58-39-48(46-22-15-12-16-23-46)26-32-55(58)67(61)56-40-50(64(6,7)8)29-33-57(56)68(59)51-30-27-49(28-31-51)63(3,4)5/h11-16,19-33,36-42H,17-18,34-35H2,1-10H3. The van der Waals surface area contributed by atoms with Gasteiger partial charge in [0.15, 0.2) is 0 Å². The Hall–Kier alpha value is -6.78. The minimum Gasteiger partial charge on any atom is -0.334 e. The lowest BCUT2D eigenvalue weighted by atomic mass is 9.33. The largest absolute Gasteiger partial charge is 0.334 e. The molecular weight excluding hydrogens is 846 g/mol. The van der Waals surface area contributed by atoms with Crippen molar-refractivity contribution in [2.75, 3.05) is 14.7 Å². The zero-order chi connectivity index (χ0) is 48.5. The van der Waals surface area contributed by atoms with Crippen molar-refractivity contribution in [3.05, 3.63) is 198 Å². The molecule has 3 aliphatic heterocycles. The normalized spacial score (nSPS) is 19.1. The van der Waals surface area contributed by atoms with E-state index in [1.165, 1.54) is 126 Å². The van der Waals surface area contributed by atoms with Crippen molar-refractivity contribution in [1.82, 2.24) is 0 Å². The SMILES string of the molecule is Cc1cc(C)c2c(c1)C1(C)CCCCC1(C)N2c1cc2c3c(c1)N(c1cccc(-c4ccccc4)c1)c1cc(-c4ccccc4)ccc1B3c1cc(C(C)(C)C)ccc1N2c1ccc(C(C)(C)C)cc1. The Morgan fingerprint density at radius 2 is 1.06 bits per heavy atom. The van der Waals surface area contributed by atoms with E-state index in [0.717, 1.165) is 12.1 Å². The van der Waals surface area contributed by atoms with Crippen molar-refractivity contribution < 1.29 is 0 Å². The molecule has 0 N–H and O–H groups in total. The first-order valence-corrected chi connectivity index (χ1v) is 25.8. The number of hydrogen-bond donors (Lipinski definition) is 0. The molecule has 4 heteroatoms. The lowest BCUT2D eigenvalue weighted by Gasteiger charge is -2.51. The molecule has 8 aromatic carbocycles. The van der Waals surface area contributed by atoms with E-state index in [2.05, 4.69) is 254 Å². The predicted octanol–water partition coefficient (Wildman–Crippen LogP) is 16.1. The Morgan fingerprint density at radius 1 is 0.457 bits per heavy atom. The van der Waals surface area contributed by atoms with Gasteiger partial charge < -0.3 is 14.7 Å². The third-order valence-corrected chi connectivity index (χ3v) is 17.0. The predicted molar refractivity (Wildman–Crippen MR) is 301 cm³/mol. The molecule has 3 nitrogen and oxygen atoms in total. The molecule has 12 rings (SSSR count). The first kappa shape index (κ1) is 44.4. The fourth-order valence-electron chi connectivity index (χ4n) is 13.1. The van der Waals surface area contributed by atoms with Gasteiger partial charge in [0.25, 0.3) is 6.71 Å². The number of rotatable bonds is 5. The highest BCUT2D eigenvalue weighted by molar-refractivity contribution is 7.00. The van der Waals surface area contributed by atoms with Crippen LogP contribution in [0, 0.1) is 13.8 Å². The number of benzene rings is 8. The minimum absolute atomic E-state index is 0.00759. The average molecular weight is 912 g/mol. The zero-order valence-electron chi connectivity index (χ0n) is 42.9. The van der Waals surface area contributed by atoms with Crippen molar-refractivity contribution in [3.8, 4) is 22.3 Å². The minimum atomic E-state index is -0.134. The second-order valence-electron chi connectivity index (χ2n) is 23.5. The summed E-state index contributed by atoms with van der Waals surface area (Å²) < 4.78 is 0. The molecule has 8 aromatic rings. The Bertz CT molecular complexity index is 3360. The van der Waals surface area contributed by atoms with E-state index in [1.54, 1.807) is 0 Å². The van der Waals surface area contributed by atoms with E-state index >= 15 is 0 Å². The molecule has 0 radical (unpaired) electrons. The average Bonchev–Trinajstić information content (AvgIpc) is 3.56. The Kier molecular flexibility index (Phi) is 10.1. The number of nitrogens with zero attached hydrogens (tertiary/aromatic N) is 3. The highest BCUT2D eigenvalue weighted by Crippen LogP contribution is 2.63. The van der Waals surface area contributed by atoms with Crippen molar-refractivity contribution in [2.45, 2.75) is 117 Å². The Balaban J connectivity index is 1.21. The second-order valence-corrected chi connectivity index (χ2v) is 23.5. The second kappa shape index (κ2) is 15.9. The van der Waals surface area contributed by atoms with Gasteiger partial charge in [-0.05, 0) is 154 Å². The van der Waals surface area contributed by atoms with Gasteiger partial charge in [-0.2, -0.15) is 0 Å². The number of fused-ring (bicyclic) bond motifs is 7. The maximum Gasteiger partial charge on any atom is 0.252 e. The van der Waals surface area contributed by atoms with Crippen molar-refractivity contribution in [2.24, 2.45) is 0 Å². The van der Waals surface area contributed by atoms with Crippen molar-refractivity contribution >= 4 is 68.6 Å². The molecule has 0 amide bonds. The molecule has 0 aromatic heterocycles. The fourth-order valence-corrected chi connectivity index (χ4v) is 13.1. The van der Waals surface area contributed by atoms with E-state index in [1.807, 2.05) is 0 Å². The lowest BCUT2D eigenvalue weighted by molar-refractivity contribution is 0.195. The lowest BCUT2D eigenvalue weighted by Crippen LogP contribution is -2.61. The van der Waals surface area contributed by atoms with Gasteiger partial charge in [0.1, 0.15) is 0 Å². The summed E-state index contributed by atoms with van der Waals surface area (Å²) in [6.07, 6.45) is 4.78. The van der Waals surface area contributed by atoms with E-state index in [-0.39, 0.29) is 28.5 Å². The van der Waals surface area contributed by atoms with Crippen LogP contribution in [0.3, 0.4) is 0 Å². The number of aryl methyl sites for hydroxylation is 2. The molecule has 1 aliphatic carbocycles. The van der Waals surface area contributed by atoms with E-state index in [0.29, 0.717) is 0 Å². The van der Waals surface area contributed by atoms with Crippen LogP contribution in [0.1, 0.15) is 109 Å². The molecular formula is C66H66BN3.